The molecule has 0 radical (unpaired) electrons. The van der Waals surface area contributed by atoms with Crippen LogP contribution in [-0.2, 0) is 4.79 Å². The van der Waals surface area contributed by atoms with Gasteiger partial charge in [-0.25, -0.2) is 4.98 Å². The molecule has 2 aliphatic heterocycles. The number of nitrogens with zero attached hydrogens (tertiary/aromatic N) is 4. The van der Waals surface area contributed by atoms with Crippen molar-refractivity contribution >= 4 is 17.5 Å². The topological polar surface area (TPSA) is 93.8 Å². The summed E-state index contributed by atoms with van der Waals surface area (Å²) in [6.45, 7) is 7.45. The van der Waals surface area contributed by atoms with Gasteiger partial charge in [0.05, 0.1) is 31.0 Å². The van der Waals surface area contributed by atoms with E-state index in [9.17, 15) is 4.79 Å². The average Bonchev–Trinajstić information content (AvgIpc) is 3.19. The van der Waals surface area contributed by atoms with E-state index < -0.39 is 5.41 Å². The third-order valence-electron chi connectivity index (χ3n) is 6.15. The van der Waals surface area contributed by atoms with Crippen molar-refractivity contribution in [1.29, 1.82) is 0 Å². The minimum absolute atomic E-state index is 0.0470. The number of amides is 1. The maximum atomic E-state index is 11.8. The molecule has 1 aromatic carbocycles. The van der Waals surface area contributed by atoms with E-state index in [1.165, 1.54) is 0 Å². The van der Waals surface area contributed by atoms with Crippen LogP contribution in [-0.4, -0.2) is 54.8 Å². The summed E-state index contributed by atoms with van der Waals surface area (Å²) in [4.78, 5) is 25.4. The number of ether oxygens (including phenoxy) is 2. The third-order valence-corrected chi connectivity index (χ3v) is 6.15. The Morgan fingerprint density at radius 3 is 2.65 bits per heavy atom. The Morgan fingerprint density at radius 1 is 1.19 bits per heavy atom. The fourth-order valence-corrected chi connectivity index (χ4v) is 4.25. The fourth-order valence-electron chi connectivity index (χ4n) is 4.25. The maximum absolute atomic E-state index is 11.8. The van der Waals surface area contributed by atoms with E-state index in [1.54, 1.807) is 12.4 Å². The Bertz CT molecular complexity index is 924. The SMILES string of the molecule is CCOc1ccccc1O[C@@H]1CCCN(c2cncc(N3CCC(C)(C(N)=O)C3)n2)C1. The lowest BCUT2D eigenvalue weighted by atomic mass is 9.89. The number of hydrogen-bond acceptors (Lipinski definition) is 7. The molecule has 2 atom stereocenters. The molecular weight excluding hydrogens is 394 g/mol. The van der Waals surface area contributed by atoms with Crippen molar-refractivity contribution in [3.63, 3.8) is 0 Å². The number of nitrogens with two attached hydrogens (primary N) is 1. The van der Waals surface area contributed by atoms with E-state index >= 15 is 0 Å². The molecule has 31 heavy (non-hydrogen) atoms. The number of aromatic nitrogens is 2. The standard InChI is InChI=1S/C23H31N5O3/c1-3-30-18-8-4-5-9-19(18)31-17-7-6-11-27(15-17)20-13-25-14-21(26-20)28-12-10-23(2,16-28)22(24)29/h4-5,8-9,13-14,17H,3,6-7,10-12,15-16H2,1-2H3,(H2,24,29)/t17-,23?/m1/s1. The van der Waals surface area contributed by atoms with Crippen molar-refractivity contribution in [2.24, 2.45) is 11.1 Å². The Kier molecular flexibility index (Phi) is 6.15. The van der Waals surface area contributed by atoms with Gasteiger partial charge in [0.25, 0.3) is 0 Å². The molecule has 1 unspecified atom stereocenters. The first kappa shape index (κ1) is 21.2. The number of hydrogen-bond donors (Lipinski definition) is 1. The van der Waals surface area contributed by atoms with Crippen molar-refractivity contribution < 1.29 is 14.3 Å². The highest BCUT2D eigenvalue weighted by Gasteiger charge is 2.39. The molecule has 2 saturated heterocycles. The van der Waals surface area contributed by atoms with Crippen LogP contribution in [0.5, 0.6) is 11.5 Å². The number of carbonyl (C=O) groups excluding carboxylic acids is 1. The van der Waals surface area contributed by atoms with Crippen LogP contribution in [0.2, 0.25) is 0 Å². The molecular formula is C23H31N5O3. The first-order valence-corrected chi connectivity index (χ1v) is 11.0. The van der Waals surface area contributed by atoms with Crippen LogP contribution in [0.15, 0.2) is 36.7 Å². The summed E-state index contributed by atoms with van der Waals surface area (Å²) < 4.78 is 12.0. The number of rotatable bonds is 7. The first-order chi connectivity index (χ1) is 15.0. The number of anilines is 2. The summed E-state index contributed by atoms with van der Waals surface area (Å²) in [6, 6.07) is 7.80. The van der Waals surface area contributed by atoms with Crippen molar-refractivity contribution in [3.8, 4) is 11.5 Å². The predicted molar refractivity (Wildman–Crippen MR) is 120 cm³/mol. The van der Waals surface area contributed by atoms with Crippen LogP contribution in [0, 0.1) is 5.41 Å². The van der Waals surface area contributed by atoms with Gasteiger partial charge in [-0.1, -0.05) is 12.1 Å². The molecule has 2 aliphatic rings. The van der Waals surface area contributed by atoms with Gasteiger partial charge in [0.15, 0.2) is 11.5 Å². The van der Waals surface area contributed by atoms with E-state index in [4.69, 9.17) is 20.2 Å². The second-order valence-corrected chi connectivity index (χ2v) is 8.54. The van der Waals surface area contributed by atoms with Crippen LogP contribution in [0.1, 0.15) is 33.1 Å². The lowest BCUT2D eigenvalue weighted by molar-refractivity contribution is -0.125. The van der Waals surface area contributed by atoms with Gasteiger partial charge < -0.3 is 25.0 Å². The van der Waals surface area contributed by atoms with Crippen LogP contribution in [0.4, 0.5) is 11.6 Å². The fraction of sp³-hybridized carbons (Fsp3) is 0.522. The summed E-state index contributed by atoms with van der Waals surface area (Å²) in [7, 11) is 0. The van der Waals surface area contributed by atoms with Crippen molar-refractivity contribution in [2.45, 2.75) is 39.2 Å². The lowest BCUT2D eigenvalue weighted by Crippen LogP contribution is -2.42. The molecule has 0 saturated carbocycles. The molecule has 8 nitrogen and oxygen atoms in total. The minimum atomic E-state index is -0.518. The Morgan fingerprint density at radius 2 is 1.94 bits per heavy atom. The zero-order valence-corrected chi connectivity index (χ0v) is 18.3. The van der Waals surface area contributed by atoms with Gasteiger partial charge in [-0.05, 0) is 45.2 Å². The second kappa shape index (κ2) is 8.99. The van der Waals surface area contributed by atoms with Gasteiger partial charge in [-0.15, -0.1) is 0 Å². The Labute approximate surface area is 183 Å². The second-order valence-electron chi connectivity index (χ2n) is 8.54. The highest BCUT2D eigenvalue weighted by atomic mass is 16.5. The van der Waals surface area contributed by atoms with Gasteiger partial charge >= 0.3 is 0 Å². The van der Waals surface area contributed by atoms with Crippen molar-refractivity contribution in [2.75, 3.05) is 42.6 Å². The number of para-hydroxylation sites is 2. The van der Waals surface area contributed by atoms with Crippen molar-refractivity contribution in [1.82, 2.24) is 9.97 Å². The number of piperidine rings is 1. The van der Waals surface area contributed by atoms with Gasteiger partial charge in [0.2, 0.25) is 5.91 Å². The first-order valence-electron chi connectivity index (χ1n) is 11.0. The van der Waals surface area contributed by atoms with E-state index in [0.29, 0.717) is 13.2 Å². The Hall–Kier alpha value is -3.03. The van der Waals surface area contributed by atoms with E-state index in [-0.39, 0.29) is 12.0 Å². The molecule has 3 heterocycles. The highest BCUT2D eigenvalue weighted by molar-refractivity contribution is 5.82. The molecule has 1 aromatic heterocycles. The van der Waals surface area contributed by atoms with Crippen LogP contribution in [0.25, 0.3) is 0 Å². The molecule has 2 fully saturated rings. The van der Waals surface area contributed by atoms with Crippen LogP contribution in [0.3, 0.4) is 0 Å². The summed E-state index contributed by atoms with van der Waals surface area (Å²) in [5.74, 6) is 2.90. The molecule has 0 bridgehead atoms. The largest absolute Gasteiger partial charge is 0.490 e. The third kappa shape index (κ3) is 4.68. The maximum Gasteiger partial charge on any atom is 0.225 e. The summed E-state index contributed by atoms with van der Waals surface area (Å²) in [5.41, 5.74) is 5.08. The number of benzene rings is 1. The molecule has 8 heteroatoms. The molecule has 1 amide bonds. The molecule has 4 rings (SSSR count). The van der Waals surface area contributed by atoms with E-state index in [1.807, 2.05) is 38.1 Å². The molecule has 166 valence electrons. The van der Waals surface area contributed by atoms with E-state index in [0.717, 1.165) is 62.0 Å². The normalized spacial score (nSPS) is 23.6. The van der Waals surface area contributed by atoms with Crippen LogP contribution >= 0.6 is 0 Å². The smallest absolute Gasteiger partial charge is 0.225 e. The number of carbonyl (C=O) groups is 1. The monoisotopic (exact) mass is 425 g/mol. The summed E-state index contributed by atoms with van der Waals surface area (Å²) >= 11 is 0. The minimum Gasteiger partial charge on any atom is -0.490 e. The molecule has 0 spiro atoms. The average molecular weight is 426 g/mol. The predicted octanol–water partition coefficient (Wildman–Crippen LogP) is 2.62. The Balaban J connectivity index is 1.45. The quantitative estimate of drug-likeness (QED) is 0.729. The highest BCUT2D eigenvalue weighted by Crippen LogP contribution is 2.33. The number of primary amides is 1. The summed E-state index contributed by atoms with van der Waals surface area (Å²) in [6.07, 6.45) is 6.32. The van der Waals surface area contributed by atoms with Gasteiger partial charge in [0.1, 0.15) is 17.7 Å². The summed E-state index contributed by atoms with van der Waals surface area (Å²) in [5, 5.41) is 0. The lowest BCUT2D eigenvalue weighted by Gasteiger charge is -2.34. The zero-order valence-electron chi connectivity index (χ0n) is 18.3. The van der Waals surface area contributed by atoms with Gasteiger partial charge in [0, 0.05) is 19.6 Å². The van der Waals surface area contributed by atoms with Crippen LogP contribution < -0.4 is 25.0 Å². The molecule has 2 aromatic rings. The van der Waals surface area contributed by atoms with Crippen molar-refractivity contribution in [3.05, 3.63) is 36.7 Å². The molecule has 2 N–H and O–H groups in total. The van der Waals surface area contributed by atoms with E-state index in [2.05, 4.69) is 14.8 Å². The van der Waals surface area contributed by atoms with Gasteiger partial charge in [-0.3, -0.25) is 9.78 Å². The zero-order chi connectivity index (χ0) is 21.8. The van der Waals surface area contributed by atoms with Gasteiger partial charge in [-0.2, -0.15) is 0 Å². The molecule has 0 aliphatic carbocycles.